The quantitative estimate of drug-likeness (QED) is 0.729. The van der Waals surface area contributed by atoms with Gasteiger partial charge in [-0.2, -0.15) is 0 Å². The Morgan fingerprint density at radius 3 is 2.62 bits per heavy atom. The molecule has 7 nitrogen and oxygen atoms in total. The lowest BCUT2D eigenvalue weighted by atomic mass is 9.94. The molecule has 0 fully saturated rings. The molecule has 0 saturated heterocycles. The number of benzene rings is 2. The van der Waals surface area contributed by atoms with E-state index in [1.807, 2.05) is 25.1 Å². The topological polar surface area (TPSA) is 93.7 Å². The molecule has 2 aromatic carbocycles. The summed E-state index contributed by atoms with van der Waals surface area (Å²) in [7, 11) is 1.36. The van der Waals surface area contributed by atoms with Crippen LogP contribution in [0.15, 0.2) is 36.4 Å². The highest BCUT2D eigenvalue weighted by molar-refractivity contribution is 5.98. The van der Waals surface area contributed by atoms with Gasteiger partial charge in [-0.3, -0.25) is 9.59 Å². The van der Waals surface area contributed by atoms with Gasteiger partial charge in [0.05, 0.1) is 25.8 Å². The van der Waals surface area contributed by atoms with E-state index in [2.05, 4.69) is 16.7 Å². The Bertz CT molecular complexity index is 954. The summed E-state index contributed by atoms with van der Waals surface area (Å²) in [6, 6.07) is 11.3. The third-order valence-electron chi connectivity index (χ3n) is 4.69. The van der Waals surface area contributed by atoms with Crippen LogP contribution in [-0.4, -0.2) is 44.1 Å². The molecule has 7 heteroatoms. The van der Waals surface area contributed by atoms with Crippen molar-refractivity contribution in [3.05, 3.63) is 53.1 Å². The van der Waals surface area contributed by atoms with E-state index in [0.717, 1.165) is 22.3 Å². The van der Waals surface area contributed by atoms with Crippen molar-refractivity contribution in [1.29, 1.82) is 0 Å². The Morgan fingerprint density at radius 1 is 1.14 bits per heavy atom. The van der Waals surface area contributed by atoms with Gasteiger partial charge in [0.15, 0.2) is 0 Å². The van der Waals surface area contributed by atoms with Gasteiger partial charge in [-0.05, 0) is 35.7 Å². The average molecular weight is 396 g/mol. The lowest BCUT2D eigenvalue weighted by Crippen LogP contribution is -2.40. The highest BCUT2D eigenvalue weighted by atomic mass is 16.5. The van der Waals surface area contributed by atoms with E-state index >= 15 is 0 Å². The molecule has 1 heterocycles. The summed E-state index contributed by atoms with van der Waals surface area (Å²) in [4.78, 5) is 35.0. The zero-order chi connectivity index (χ0) is 21.0. The van der Waals surface area contributed by atoms with Gasteiger partial charge >= 0.3 is 5.97 Å². The molecule has 0 radical (unpaired) electrons. The number of carbonyl (C=O) groups is 3. The van der Waals surface area contributed by atoms with Crippen molar-refractivity contribution in [1.82, 2.24) is 10.6 Å². The van der Waals surface area contributed by atoms with Crippen LogP contribution in [0.1, 0.15) is 28.4 Å². The highest BCUT2D eigenvalue weighted by Gasteiger charge is 2.28. The van der Waals surface area contributed by atoms with Gasteiger partial charge in [0.2, 0.25) is 11.8 Å². The Labute approximate surface area is 169 Å². The van der Waals surface area contributed by atoms with Crippen molar-refractivity contribution < 1.29 is 23.9 Å². The second-order valence-electron chi connectivity index (χ2n) is 7.00. The zero-order valence-electron chi connectivity index (χ0n) is 16.7. The molecule has 0 spiro atoms. The molecular formula is C22H24N2O5. The number of amides is 2. The molecule has 2 N–H and O–H groups in total. The van der Waals surface area contributed by atoms with Gasteiger partial charge in [-0.1, -0.05) is 24.3 Å². The van der Waals surface area contributed by atoms with Crippen LogP contribution in [0.2, 0.25) is 0 Å². The first-order chi connectivity index (χ1) is 13.9. The predicted octanol–water partition coefficient (Wildman–Crippen LogP) is 2.00. The van der Waals surface area contributed by atoms with Gasteiger partial charge in [0.1, 0.15) is 11.9 Å². The fourth-order valence-electron chi connectivity index (χ4n) is 3.41. The number of hydrogen-bond acceptors (Lipinski definition) is 5. The molecule has 1 atom stereocenters. The van der Waals surface area contributed by atoms with Gasteiger partial charge < -0.3 is 20.1 Å². The van der Waals surface area contributed by atoms with E-state index in [0.29, 0.717) is 24.3 Å². The number of nitrogens with one attached hydrogen (secondary N) is 2. The second-order valence-corrected chi connectivity index (χ2v) is 7.00. The summed E-state index contributed by atoms with van der Waals surface area (Å²) in [5.74, 6) is -0.218. The number of rotatable bonds is 6. The van der Waals surface area contributed by atoms with E-state index in [-0.39, 0.29) is 24.5 Å². The molecule has 0 saturated carbocycles. The minimum Gasteiger partial charge on any atom is -0.487 e. The van der Waals surface area contributed by atoms with Crippen molar-refractivity contribution in [3.63, 3.8) is 0 Å². The fourth-order valence-corrected chi connectivity index (χ4v) is 3.41. The lowest BCUT2D eigenvalue weighted by molar-refractivity contribution is -0.125. The van der Waals surface area contributed by atoms with Crippen LogP contribution in [0.5, 0.6) is 5.75 Å². The Hall–Kier alpha value is -3.35. The first-order valence-electron chi connectivity index (χ1n) is 9.38. The van der Waals surface area contributed by atoms with Crippen LogP contribution >= 0.6 is 0 Å². The van der Waals surface area contributed by atoms with Crippen molar-refractivity contribution in [2.24, 2.45) is 0 Å². The average Bonchev–Trinajstić information content (AvgIpc) is 3.12. The Balaban J connectivity index is 1.81. The van der Waals surface area contributed by atoms with Gasteiger partial charge in [0, 0.05) is 18.9 Å². The molecule has 0 bridgehead atoms. The molecule has 152 valence electrons. The molecule has 0 aromatic heterocycles. The molecule has 1 aliphatic heterocycles. The maximum atomic E-state index is 12.2. The van der Waals surface area contributed by atoms with Crippen molar-refractivity contribution in [2.75, 3.05) is 20.2 Å². The van der Waals surface area contributed by atoms with E-state index in [1.54, 1.807) is 12.1 Å². The molecular weight excluding hydrogens is 372 g/mol. The van der Waals surface area contributed by atoms with E-state index in [1.165, 1.54) is 14.0 Å². The van der Waals surface area contributed by atoms with Crippen LogP contribution in [0.3, 0.4) is 0 Å². The first kappa shape index (κ1) is 20.4. The van der Waals surface area contributed by atoms with Gasteiger partial charge in [0.25, 0.3) is 0 Å². The standard InChI is InChI=1S/C22H24N2O5/c1-13-8-15-10-16(11-24-20(26)12-23-14(2)25)29-21(15)19(9-13)17-6-4-5-7-18(17)22(27)28-3/h4-9,16H,10-12H2,1-3H3,(H,23,25)(H,24,26). The van der Waals surface area contributed by atoms with Crippen LogP contribution in [-0.2, 0) is 20.7 Å². The molecule has 2 aromatic rings. The fraction of sp³-hybridized carbons (Fsp3) is 0.318. The number of fused-ring (bicyclic) bond motifs is 1. The number of hydrogen-bond donors (Lipinski definition) is 2. The number of esters is 1. The number of aryl methyl sites for hydroxylation is 1. The monoisotopic (exact) mass is 396 g/mol. The number of carbonyl (C=O) groups excluding carboxylic acids is 3. The predicted molar refractivity (Wildman–Crippen MR) is 108 cm³/mol. The Morgan fingerprint density at radius 2 is 1.90 bits per heavy atom. The maximum Gasteiger partial charge on any atom is 0.338 e. The maximum absolute atomic E-state index is 12.2. The SMILES string of the molecule is COC(=O)c1ccccc1-c1cc(C)cc2c1OC(CNC(=O)CNC(C)=O)C2. The molecule has 0 aliphatic carbocycles. The minimum atomic E-state index is -0.407. The Kier molecular flexibility index (Phi) is 6.16. The van der Waals surface area contributed by atoms with Crippen LogP contribution < -0.4 is 15.4 Å². The highest BCUT2D eigenvalue weighted by Crippen LogP contribution is 2.41. The molecule has 3 rings (SSSR count). The summed E-state index contributed by atoms with van der Waals surface area (Å²) in [6.07, 6.45) is 0.419. The third kappa shape index (κ3) is 4.74. The number of ether oxygens (including phenoxy) is 2. The summed E-state index contributed by atoms with van der Waals surface area (Å²) in [5.41, 5.74) is 4.12. The summed E-state index contributed by atoms with van der Waals surface area (Å²) < 4.78 is 11.1. The van der Waals surface area contributed by atoms with E-state index < -0.39 is 5.97 Å². The van der Waals surface area contributed by atoms with Crippen molar-refractivity contribution >= 4 is 17.8 Å². The minimum absolute atomic E-state index is 0.0636. The smallest absolute Gasteiger partial charge is 0.338 e. The third-order valence-corrected chi connectivity index (χ3v) is 4.69. The van der Waals surface area contributed by atoms with Crippen molar-refractivity contribution in [2.45, 2.75) is 26.4 Å². The van der Waals surface area contributed by atoms with E-state index in [9.17, 15) is 14.4 Å². The van der Waals surface area contributed by atoms with Crippen molar-refractivity contribution in [3.8, 4) is 16.9 Å². The summed E-state index contributed by atoms with van der Waals surface area (Å²) in [5, 5.41) is 5.24. The molecule has 1 unspecified atom stereocenters. The van der Waals surface area contributed by atoms with Gasteiger partial charge in [-0.25, -0.2) is 4.79 Å². The lowest BCUT2D eigenvalue weighted by Gasteiger charge is -2.15. The number of methoxy groups -OCH3 is 1. The normalized spacial score (nSPS) is 14.5. The molecule has 1 aliphatic rings. The zero-order valence-corrected chi connectivity index (χ0v) is 16.7. The molecule has 29 heavy (non-hydrogen) atoms. The summed E-state index contributed by atoms with van der Waals surface area (Å²) >= 11 is 0. The summed E-state index contributed by atoms with van der Waals surface area (Å²) in [6.45, 7) is 3.61. The second kappa shape index (κ2) is 8.77. The van der Waals surface area contributed by atoms with Crippen LogP contribution in [0.4, 0.5) is 0 Å². The van der Waals surface area contributed by atoms with Crippen LogP contribution in [0.25, 0.3) is 11.1 Å². The van der Waals surface area contributed by atoms with Crippen LogP contribution in [0, 0.1) is 6.92 Å². The largest absolute Gasteiger partial charge is 0.487 e. The van der Waals surface area contributed by atoms with Gasteiger partial charge in [-0.15, -0.1) is 0 Å². The van der Waals surface area contributed by atoms with E-state index in [4.69, 9.17) is 9.47 Å². The molecule has 2 amide bonds. The first-order valence-corrected chi connectivity index (χ1v) is 9.38.